The van der Waals surface area contributed by atoms with Gasteiger partial charge in [-0.1, -0.05) is 13.8 Å². The van der Waals surface area contributed by atoms with Crippen LogP contribution in [0.15, 0.2) is 53.7 Å². The third-order valence-corrected chi connectivity index (χ3v) is 9.70. The lowest BCUT2D eigenvalue weighted by Crippen LogP contribution is -2.53. The maximum absolute atomic E-state index is 13.8. The number of Topliss-reactive ketones (excluding diaryl/α,β-unsaturated/α-hetero) is 1. The normalized spacial score (nSPS) is 22.2. The molecule has 3 aliphatic heterocycles. The molecule has 0 radical (unpaired) electrons. The number of hydrogen-bond donors (Lipinski definition) is 1. The first-order valence-corrected chi connectivity index (χ1v) is 15.3. The van der Waals surface area contributed by atoms with Crippen molar-refractivity contribution in [2.45, 2.75) is 49.8 Å². The molecule has 3 fully saturated rings. The Morgan fingerprint density at radius 2 is 1.80 bits per heavy atom. The molecule has 41 heavy (non-hydrogen) atoms. The number of sulfonamides is 1. The highest BCUT2D eigenvalue weighted by Gasteiger charge is 2.55. The minimum absolute atomic E-state index is 0.0630. The SMILES string of the molecule is CC(C)CC(NC(=O)c1ccc(N2CCOCC2)cc1)C(=O)N1CCC2C1C(=O)CN2S(=O)(=O)c1cccc[n+]1[O-]. The number of likely N-dealkylation sites (tertiary alicyclic amines) is 1. The molecule has 3 aliphatic rings. The maximum Gasteiger partial charge on any atom is 0.323 e. The van der Waals surface area contributed by atoms with E-state index in [-0.39, 0.29) is 23.6 Å². The highest BCUT2D eigenvalue weighted by molar-refractivity contribution is 7.89. The van der Waals surface area contributed by atoms with E-state index in [4.69, 9.17) is 4.74 Å². The number of carbonyl (C=O) groups excluding carboxylic acids is 3. The zero-order chi connectivity index (χ0) is 29.3. The molecule has 13 heteroatoms. The first-order chi connectivity index (χ1) is 19.6. The van der Waals surface area contributed by atoms with Crippen molar-refractivity contribution in [2.24, 2.45) is 5.92 Å². The molecule has 5 rings (SSSR count). The van der Waals surface area contributed by atoms with Crippen LogP contribution in [0.1, 0.15) is 37.0 Å². The number of aromatic nitrogens is 1. The second kappa shape index (κ2) is 11.7. The molecule has 1 aromatic carbocycles. The summed E-state index contributed by atoms with van der Waals surface area (Å²) in [7, 11) is -4.27. The van der Waals surface area contributed by atoms with E-state index in [0.717, 1.165) is 29.3 Å². The summed E-state index contributed by atoms with van der Waals surface area (Å²) in [5.41, 5.74) is 1.39. The first-order valence-electron chi connectivity index (χ1n) is 13.8. The van der Waals surface area contributed by atoms with Crippen LogP contribution in [0.25, 0.3) is 0 Å². The Kier molecular flexibility index (Phi) is 8.30. The minimum atomic E-state index is -4.27. The van der Waals surface area contributed by atoms with Crippen molar-refractivity contribution in [1.29, 1.82) is 0 Å². The highest BCUT2D eigenvalue weighted by atomic mass is 32.2. The van der Waals surface area contributed by atoms with Crippen molar-refractivity contribution in [1.82, 2.24) is 14.5 Å². The molecule has 12 nitrogen and oxygen atoms in total. The van der Waals surface area contributed by atoms with Crippen LogP contribution in [0.3, 0.4) is 0 Å². The number of hydrogen-bond acceptors (Lipinski definition) is 8. The third-order valence-electron chi connectivity index (χ3n) is 7.84. The van der Waals surface area contributed by atoms with Crippen molar-refractivity contribution < 1.29 is 32.3 Å². The summed E-state index contributed by atoms with van der Waals surface area (Å²) in [5, 5.41) is 14.6. The topological polar surface area (TPSA) is 143 Å². The lowest BCUT2D eigenvalue weighted by Gasteiger charge is -2.29. The zero-order valence-corrected chi connectivity index (χ0v) is 24.0. The van der Waals surface area contributed by atoms with Gasteiger partial charge in [0.25, 0.3) is 5.91 Å². The second-order valence-corrected chi connectivity index (χ2v) is 12.9. The molecule has 220 valence electrons. The summed E-state index contributed by atoms with van der Waals surface area (Å²) in [6.07, 6.45) is 1.68. The minimum Gasteiger partial charge on any atom is -0.618 e. The Morgan fingerprint density at radius 1 is 1.10 bits per heavy atom. The molecule has 1 aromatic heterocycles. The predicted octanol–water partition coefficient (Wildman–Crippen LogP) is 0.544. The maximum atomic E-state index is 13.8. The summed E-state index contributed by atoms with van der Waals surface area (Å²) >= 11 is 0. The molecule has 0 saturated carbocycles. The first kappa shape index (κ1) is 29.0. The van der Waals surface area contributed by atoms with Gasteiger partial charge in [-0.15, -0.1) is 0 Å². The smallest absolute Gasteiger partial charge is 0.323 e. The van der Waals surface area contributed by atoms with Crippen LogP contribution in [0.4, 0.5) is 5.69 Å². The third kappa shape index (κ3) is 5.79. The largest absolute Gasteiger partial charge is 0.618 e. The average molecular weight is 586 g/mol. The van der Waals surface area contributed by atoms with Gasteiger partial charge in [-0.25, -0.2) is 8.42 Å². The number of ether oxygens (including phenoxy) is 1. The predicted molar refractivity (Wildman–Crippen MR) is 148 cm³/mol. The monoisotopic (exact) mass is 585 g/mol. The Morgan fingerprint density at radius 3 is 2.46 bits per heavy atom. The fourth-order valence-corrected chi connectivity index (χ4v) is 7.51. The van der Waals surface area contributed by atoms with E-state index < -0.39 is 57.3 Å². The Hall–Kier alpha value is -3.55. The molecule has 0 aliphatic carbocycles. The van der Waals surface area contributed by atoms with Crippen LogP contribution in [-0.4, -0.2) is 92.7 Å². The van der Waals surface area contributed by atoms with Gasteiger partial charge in [-0.3, -0.25) is 14.4 Å². The number of carbonyl (C=O) groups is 3. The summed E-state index contributed by atoms with van der Waals surface area (Å²) < 4.78 is 33.3. The lowest BCUT2D eigenvalue weighted by molar-refractivity contribution is -0.646. The van der Waals surface area contributed by atoms with Crippen molar-refractivity contribution in [3.05, 3.63) is 59.4 Å². The van der Waals surface area contributed by atoms with E-state index in [2.05, 4.69) is 10.2 Å². The van der Waals surface area contributed by atoms with Gasteiger partial charge in [-0.2, -0.15) is 9.04 Å². The van der Waals surface area contributed by atoms with Crippen LogP contribution < -0.4 is 14.9 Å². The number of amides is 2. The molecule has 2 amide bonds. The molecule has 3 unspecified atom stereocenters. The second-order valence-electron chi connectivity index (χ2n) is 11.0. The number of pyridine rings is 1. The van der Waals surface area contributed by atoms with E-state index >= 15 is 0 Å². The number of nitrogens with one attached hydrogen (secondary N) is 1. The fourth-order valence-electron chi connectivity index (χ4n) is 5.85. The number of ketones is 1. The van der Waals surface area contributed by atoms with E-state index in [9.17, 15) is 28.0 Å². The standard InChI is InChI=1S/C28H35N5O7S/c1-19(2)17-22(29-27(35)20-6-8-21(9-7-20)30-13-15-40-16-14-30)28(36)31-12-10-23-26(31)24(34)18-33(23)41(38,39)25-5-3-4-11-32(25)37/h3-9,11,19,22-23,26H,10,12-18H2,1-2H3,(H,29,35). The molecular weight excluding hydrogens is 550 g/mol. The lowest BCUT2D eigenvalue weighted by atomic mass is 10.0. The molecule has 4 heterocycles. The van der Waals surface area contributed by atoms with Crippen molar-refractivity contribution in [3.63, 3.8) is 0 Å². The number of nitrogens with zero attached hydrogens (tertiary/aromatic N) is 4. The number of fused-ring (bicyclic) bond motifs is 1. The summed E-state index contributed by atoms with van der Waals surface area (Å²) in [5.74, 6) is -1.17. The van der Waals surface area contributed by atoms with E-state index in [0.29, 0.717) is 25.2 Å². The van der Waals surface area contributed by atoms with Crippen molar-refractivity contribution in [3.8, 4) is 0 Å². The molecule has 3 atom stereocenters. The van der Waals surface area contributed by atoms with E-state index in [1.807, 2.05) is 26.0 Å². The molecule has 0 bridgehead atoms. The van der Waals surface area contributed by atoms with Gasteiger partial charge in [0, 0.05) is 43.0 Å². The Labute approximate surface area is 239 Å². The summed E-state index contributed by atoms with van der Waals surface area (Å²) in [4.78, 5) is 43.7. The molecule has 0 spiro atoms. The van der Waals surface area contributed by atoms with Crippen LogP contribution in [0.5, 0.6) is 0 Å². The quantitative estimate of drug-likeness (QED) is 0.350. The molecule has 1 N–H and O–H groups in total. The van der Waals surface area contributed by atoms with Crippen LogP contribution in [-0.2, 0) is 24.3 Å². The van der Waals surface area contributed by atoms with Gasteiger partial charge in [0.15, 0.2) is 12.0 Å². The van der Waals surface area contributed by atoms with Gasteiger partial charge in [0.05, 0.1) is 25.8 Å². The molecule has 3 saturated heterocycles. The Balaban J connectivity index is 1.31. The van der Waals surface area contributed by atoms with Crippen LogP contribution >= 0.6 is 0 Å². The number of anilines is 1. The van der Waals surface area contributed by atoms with Crippen LogP contribution in [0, 0.1) is 11.1 Å². The number of morpholine rings is 1. The Bertz CT molecular complexity index is 1410. The average Bonchev–Trinajstić information content (AvgIpc) is 3.54. The zero-order valence-electron chi connectivity index (χ0n) is 23.1. The fraction of sp³-hybridized carbons (Fsp3) is 0.500. The van der Waals surface area contributed by atoms with Gasteiger partial charge in [-0.05, 0) is 49.1 Å². The van der Waals surface area contributed by atoms with E-state index in [1.54, 1.807) is 12.1 Å². The molecular formula is C28H35N5O7S. The van der Waals surface area contributed by atoms with Gasteiger partial charge in [0.2, 0.25) is 5.91 Å². The molecule has 2 aromatic rings. The number of rotatable bonds is 8. The van der Waals surface area contributed by atoms with Crippen LogP contribution in [0.2, 0.25) is 0 Å². The number of benzene rings is 1. The van der Waals surface area contributed by atoms with Gasteiger partial charge in [0.1, 0.15) is 12.1 Å². The van der Waals surface area contributed by atoms with Gasteiger partial charge < -0.3 is 25.1 Å². The van der Waals surface area contributed by atoms with Crippen molar-refractivity contribution in [2.75, 3.05) is 44.3 Å². The summed E-state index contributed by atoms with van der Waals surface area (Å²) in [6.45, 7) is 6.45. The van der Waals surface area contributed by atoms with E-state index in [1.165, 1.54) is 23.1 Å². The summed E-state index contributed by atoms with van der Waals surface area (Å²) in [6, 6.07) is 8.59. The highest BCUT2D eigenvalue weighted by Crippen LogP contribution is 2.34. The van der Waals surface area contributed by atoms with Gasteiger partial charge >= 0.3 is 15.0 Å². The van der Waals surface area contributed by atoms with Crippen molar-refractivity contribution >= 4 is 33.3 Å².